The molecule has 0 unspecified atom stereocenters. The highest BCUT2D eigenvalue weighted by molar-refractivity contribution is 5.69. The maximum absolute atomic E-state index is 12.6. The van der Waals surface area contributed by atoms with Gasteiger partial charge >= 0.3 is 5.97 Å². The molecule has 0 rings (SSSR count). The summed E-state index contributed by atoms with van der Waals surface area (Å²) in [6.45, 7) is 5.46. The number of carbonyl (C=O) groups is 1. The minimum Gasteiger partial charge on any atom is -0.462 e. The summed E-state index contributed by atoms with van der Waals surface area (Å²) in [6, 6.07) is 0. The number of hydrogen-bond donors (Lipinski definition) is 0. The Kier molecular flexibility index (Phi) is 41.5. The molecule has 0 radical (unpaired) electrons. The fourth-order valence-corrected chi connectivity index (χ4v) is 6.31. The van der Waals surface area contributed by atoms with Gasteiger partial charge < -0.3 is 9.64 Å². The second-order valence-electron chi connectivity index (χ2n) is 15.2. The number of nitrogens with zero attached hydrogens (tertiary/aromatic N) is 1. The average Bonchev–Trinajstić information content (AvgIpc) is 3.13. The molecule has 0 bridgehead atoms. The predicted molar refractivity (Wildman–Crippen MR) is 233 cm³/mol. The van der Waals surface area contributed by atoms with Crippen molar-refractivity contribution in [3.8, 4) is 0 Å². The molecule has 0 fully saturated rings. The fourth-order valence-electron chi connectivity index (χ4n) is 6.31. The van der Waals surface area contributed by atoms with Crippen molar-refractivity contribution in [2.75, 3.05) is 20.6 Å². The lowest BCUT2D eigenvalue weighted by atomic mass is 10.0. The summed E-state index contributed by atoms with van der Waals surface area (Å²) in [4.78, 5) is 14.7. The van der Waals surface area contributed by atoms with E-state index in [1.807, 2.05) is 0 Å². The molecule has 0 aliphatic rings. The topological polar surface area (TPSA) is 29.5 Å². The van der Waals surface area contributed by atoms with Crippen molar-refractivity contribution < 1.29 is 9.53 Å². The maximum Gasteiger partial charge on any atom is 0.306 e. The molecule has 52 heavy (non-hydrogen) atoms. The van der Waals surface area contributed by atoms with E-state index >= 15 is 0 Å². The monoisotopic (exact) mass is 722 g/mol. The van der Waals surface area contributed by atoms with Crippen LogP contribution in [-0.2, 0) is 9.53 Å². The number of hydrogen-bond acceptors (Lipinski definition) is 3. The van der Waals surface area contributed by atoms with E-state index < -0.39 is 0 Å². The Balaban J connectivity index is 4.02. The quantitative estimate of drug-likeness (QED) is 0.0359. The van der Waals surface area contributed by atoms with Crippen molar-refractivity contribution in [1.82, 2.24) is 4.90 Å². The third-order valence-electron chi connectivity index (χ3n) is 9.62. The van der Waals surface area contributed by atoms with Gasteiger partial charge in [-0.3, -0.25) is 4.79 Å². The molecule has 3 nitrogen and oxygen atoms in total. The molecule has 0 saturated carbocycles. The van der Waals surface area contributed by atoms with Crippen LogP contribution in [0.1, 0.15) is 206 Å². The van der Waals surface area contributed by atoms with Crippen molar-refractivity contribution in [3.05, 3.63) is 72.9 Å². The molecular formula is C49H87NO2. The van der Waals surface area contributed by atoms with Crippen LogP contribution in [0.15, 0.2) is 72.9 Å². The Hall–Kier alpha value is -2.13. The van der Waals surface area contributed by atoms with Crippen LogP contribution in [-0.4, -0.2) is 37.6 Å². The molecular weight excluding hydrogens is 635 g/mol. The lowest BCUT2D eigenvalue weighted by Crippen LogP contribution is -2.20. The largest absolute Gasteiger partial charge is 0.462 e. The second kappa shape index (κ2) is 43.3. The van der Waals surface area contributed by atoms with E-state index in [-0.39, 0.29) is 12.1 Å². The number of esters is 1. The number of allylic oxidation sites excluding steroid dienone is 12. The van der Waals surface area contributed by atoms with Crippen molar-refractivity contribution >= 4 is 5.97 Å². The first-order valence-electron chi connectivity index (χ1n) is 22.3. The SMILES string of the molecule is CCCCC/C=C/C/C=C/C/C=C/CCCCCCCCC(CCCCCCCC/C=C/C/C=C/C/C=C/CCCCC)OC(=O)CCCN(C)C. The highest BCUT2D eigenvalue weighted by atomic mass is 16.5. The summed E-state index contributed by atoms with van der Waals surface area (Å²) in [6.07, 6.45) is 63.7. The standard InChI is InChI=1S/C49H87NO2/c1-5-7-9-11-13-15-17-19-21-23-25-27-29-31-33-35-37-39-41-44-48(52-49(51)46-43-47-50(3)4)45-42-40-38-36-34-32-30-28-26-24-22-20-18-16-14-12-10-8-6-2/h13-16,19-22,25-28,48H,5-12,17-18,23-24,29-47H2,1-4H3/b15-13+,16-14+,21-19+,22-20+,27-25+,28-26+. The van der Waals surface area contributed by atoms with Crippen LogP contribution in [0.3, 0.4) is 0 Å². The number of rotatable bonds is 39. The molecule has 0 heterocycles. The van der Waals surface area contributed by atoms with Crippen molar-refractivity contribution in [3.63, 3.8) is 0 Å². The zero-order valence-corrected chi connectivity index (χ0v) is 35.2. The molecule has 0 aromatic carbocycles. The van der Waals surface area contributed by atoms with Crippen LogP contribution in [0.25, 0.3) is 0 Å². The third-order valence-corrected chi connectivity index (χ3v) is 9.62. The van der Waals surface area contributed by atoms with Gasteiger partial charge in [0, 0.05) is 6.42 Å². The van der Waals surface area contributed by atoms with Crippen LogP contribution in [0, 0.1) is 0 Å². The third kappa shape index (κ3) is 42.3. The van der Waals surface area contributed by atoms with Gasteiger partial charge in [-0.15, -0.1) is 0 Å². The first-order valence-corrected chi connectivity index (χ1v) is 22.3. The molecule has 0 aromatic heterocycles. The van der Waals surface area contributed by atoms with E-state index in [4.69, 9.17) is 4.74 Å². The highest BCUT2D eigenvalue weighted by Crippen LogP contribution is 2.18. The van der Waals surface area contributed by atoms with E-state index in [2.05, 4.69) is 106 Å². The Morgan fingerprint density at radius 1 is 0.442 bits per heavy atom. The molecule has 0 aliphatic heterocycles. The fraction of sp³-hybridized carbons (Fsp3) is 0.735. The summed E-state index contributed by atoms with van der Waals surface area (Å²) < 4.78 is 6.02. The summed E-state index contributed by atoms with van der Waals surface area (Å²) in [5, 5.41) is 0. The summed E-state index contributed by atoms with van der Waals surface area (Å²) in [5.41, 5.74) is 0. The first-order chi connectivity index (χ1) is 25.6. The Labute approximate surface area is 325 Å². The number of ether oxygens (including phenoxy) is 1. The number of carbonyl (C=O) groups excluding carboxylic acids is 1. The molecule has 0 aliphatic carbocycles. The normalized spacial score (nSPS) is 12.7. The highest BCUT2D eigenvalue weighted by Gasteiger charge is 2.14. The second-order valence-corrected chi connectivity index (χ2v) is 15.2. The van der Waals surface area contributed by atoms with Gasteiger partial charge in [-0.25, -0.2) is 0 Å². The Bertz CT molecular complexity index is 848. The molecule has 300 valence electrons. The van der Waals surface area contributed by atoms with Gasteiger partial charge in [-0.1, -0.05) is 164 Å². The van der Waals surface area contributed by atoms with Gasteiger partial charge in [-0.05, 0) is 130 Å². The van der Waals surface area contributed by atoms with Crippen LogP contribution in [0.4, 0.5) is 0 Å². The van der Waals surface area contributed by atoms with Gasteiger partial charge in [-0.2, -0.15) is 0 Å². The number of unbranched alkanes of at least 4 members (excludes halogenated alkanes) is 18. The van der Waals surface area contributed by atoms with Gasteiger partial charge in [0.05, 0.1) is 0 Å². The van der Waals surface area contributed by atoms with Crippen LogP contribution >= 0.6 is 0 Å². The van der Waals surface area contributed by atoms with E-state index in [1.165, 1.54) is 141 Å². The minimum absolute atomic E-state index is 0.00299. The molecule has 0 saturated heterocycles. The minimum atomic E-state index is 0.00299. The zero-order chi connectivity index (χ0) is 37.8. The van der Waals surface area contributed by atoms with E-state index in [9.17, 15) is 4.79 Å². The molecule has 0 spiro atoms. The predicted octanol–water partition coefficient (Wildman–Crippen LogP) is 15.5. The van der Waals surface area contributed by atoms with E-state index in [1.54, 1.807) is 0 Å². The molecule has 0 aromatic rings. The Morgan fingerprint density at radius 3 is 1.13 bits per heavy atom. The lowest BCUT2D eigenvalue weighted by Gasteiger charge is -2.18. The zero-order valence-electron chi connectivity index (χ0n) is 35.2. The van der Waals surface area contributed by atoms with Crippen LogP contribution in [0.2, 0.25) is 0 Å². The van der Waals surface area contributed by atoms with Gasteiger partial charge in [0.15, 0.2) is 0 Å². The van der Waals surface area contributed by atoms with Crippen molar-refractivity contribution in [2.45, 2.75) is 213 Å². The first kappa shape index (κ1) is 49.9. The smallest absolute Gasteiger partial charge is 0.306 e. The summed E-state index contributed by atoms with van der Waals surface area (Å²) in [5.74, 6) is 0.00299. The average molecular weight is 722 g/mol. The Morgan fingerprint density at radius 2 is 0.769 bits per heavy atom. The molecule has 0 amide bonds. The lowest BCUT2D eigenvalue weighted by molar-refractivity contribution is -0.150. The van der Waals surface area contributed by atoms with Gasteiger partial charge in [0.2, 0.25) is 0 Å². The van der Waals surface area contributed by atoms with Crippen LogP contribution < -0.4 is 0 Å². The molecule has 0 atom stereocenters. The maximum atomic E-state index is 12.6. The summed E-state index contributed by atoms with van der Waals surface area (Å²) in [7, 11) is 4.12. The van der Waals surface area contributed by atoms with E-state index in [0.29, 0.717) is 6.42 Å². The summed E-state index contributed by atoms with van der Waals surface area (Å²) >= 11 is 0. The van der Waals surface area contributed by atoms with Crippen LogP contribution in [0.5, 0.6) is 0 Å². The molecule has 3 heteroatoms. The molecule has 0 N–H and O–H groups in total. The van der Waals surface area contributed by atoms with Gasteiger partial charge in [0.1, 0.15) is 6.10 Å². The van der Waals surface area contributed by atoms with E-state index in [0.717, 1.165) is 51.5 Å². The van der Waals surface area contributed by atoms with Gasteiger partial charge in [0.25, 0.3) is 0 Å². The van der Waals surface area contributed by atoms with Crippen molar-refractivity contribution in [2.24, 2.45) is 0 Å². The van der Waals surface area contributed by atoms with Crippen molar-refractivity contribution in [1.29, 1.82) is 0 Å².